The number of aryl methyl sites for hydroxylation is 1. The Labute approximate surface area is 85.0 Å². The molecule has 0 aliphatic carbocycles. The molecule has 2 heteroatoms. The summed E-state index contributed by atoms with van der Waals surface area (Å²) in [5, 5.41) is 12.6. The highest BCUT2D eigenvalue weighted by Gasteiger charge is 2.26. The van der Waals surface area contributed by atoms with Gasteiger partial charge in [0.2, 0.25) is 0 Å². The van der Waals surface area contributed by atoms with E-state index in [1.54, 1.807) is 0 Å². The predicted molar refractivity (Wildman–Crippen MR) is 57.1 cm³/mol. The van der Waals surface area contributed by atoms with Crippen molar-refractivity contribution in [1.29, 1.82) is 0 Å². The Balaban J connectivity index is 2.17. The molecule has 1 aromatic rings. The van der Waals surface area contributed by atoms with Crippen LogP contribution in [0.5, 0.6) is 0 Å². The van der Waals surface area contributed by atoms with Gasteiger partial charge in [0, 0.05) is 18.6 Å². The first kappa shape index (κ1) is 9.69. The van der Waals surface area contributed by atoms with E-state index in [0.29, 0.717) is 12.0 Å². The van der Waals surface area contributed by atoms with Gasteiger partial charge in [0.15, 0.2) is 0 Å². The molecule has 0 amide bonds. The van der Waals surface area contributed by atoms with Gasteiger partial charge in [-0.2, -0.15) is 0 Å². The molecule has 1 aromatic carbocycles. The molecule has 14 heavy (non-hydrogen) atoms. The zero-order valence-corrected chi connectivity index (χ0v) is 8.53. The summed E-state index contributed by atoms with van der Waals surface area (Å²) in [6.07, 6.45) is 1.08. The van der Waals surface area contributed by atoms with Gasteiger partial charge >= 0.3 is 0 Å². The zero-order chi connectivity index (χ0) is 9.97. The van der Waals surface area contributed by atoms with Gasteiger partial charge in [-0.15, -0.1) is 0 Å². The monoisotopic (exact) mass is 191 g/mol. The van der Waals surface area contributed by atoms with Crippen LogP contribution in [0, 0.1) is 12.8 Å². The summed E-state index contributed by atoms with van der Waals surface area (Å²) in [7, 11) is 0. The molecule has 2 nitrogen and oxygen atoms in total. The summed E-state index contributed by atoms with van der Waals surface area (Å²) in [4.78, 5) is 0. The second-order valence-electron chi connectivity index (χ2n) is 4.07. The van der Waals surface area contributed by atoms with E-state index in [0.717, 1.165) is 13.0 Å². The second kappa shape index (κ2) is 4.11. The minimum absolute atomic E-state index is 0.283. The quantitative estimate of drug-likeness (QED) is 0.744. The Hall–Kier alpha value is -0.860. The van der Waals surface area contributed by atoms with Gasteiger partial charge < -0.3 is 10.4 Å². The zero-order valence-electron chi connectivity index (χ0n) is 8.53. The van der Waals surface area contributed by atoms with E-state index in [2.05, 4.69) is 36.5 Å². The Morgan fingerprint density at radius 3 is 2.71 bits per heavy atom. The molecule has 2 rings (SSSR count). The normalized spacial score (nSPS) is 26.7. The molecule has 1 saturated heterocycles. The van der Waals surface area contributed by atoms with Crippen molar-refractivity contribution in [2.45, 2.75) is 19.4 Å². The molecule has 1 aliphatic rings. The Morgan fingerprint density at radius 2 is 2.07 bits per heavy atom. The van der Waals surface area contributed by atoms with E-state index >= 15 is 0 Å². The van der Waals surface area contributed by atoms with Crippen molar-refractivity contribution in [2.75, 3.05) is 13.2 Å². The number of aliphatic hydroxyl groups is 1. The lowest BCUT2D eigenvalue weighted by molar-refractivity contribution is 0.214. The molecular weight excluding hydrogens is 174 g/mol. The first-order chi connectivity index (χ1) is 6.81. The maximum absolute atomic E-state index is 9.21. The average molecular weight is 191 g/mol. The lowest BCUT2D eigenvalue weighted by Gasteiger charge is -2.17. The van der Waals surface area contributed by atoms with Gasteiger partial charge in [-0.3, -0.25) is 0 Å². The molecular formula is C12H17NO. The van der Waals surface area contributed by atoms with Crippen LogP contribution in [0.15, 0.2) is 24.3 Å². The van der Waals surface area contributed by atoms with E-state index in [4.69, 9.17) is 0 Å². The van der Waals surface area contributed by atoms with Crippen molar-refractivity contribution in [3.05, 3.63) is 35.4 Å². The fraction of sp³-hybridized carbons (Fsp3) is 0.500. The highest BCUT2D eigenvalue weighted by molar-refractivity contribution is 5.25. The van der Waals surface area contributed by atoms with Crippen molar-refractivity contribution < 1.29 is 5.11 Å². The second-order valence-corrected chi connectivity index (χ2v) is 4.07. The van der Waals surface area contributed by atoms with Gasteiger partial charge in [-0.25, -0.2) is 0 Å². The summed E-state index contributed by atoms with van der Waals surface area (Å²) in [6, 6.07) is 8.91. The maximum Gasteiger partial charge on any atom is 0.0477 e. The number of hydrogen-bond donors (Lipinski definition) is 2. The highest BCUT2D eigenvalue weighted by atomic mass is 16.3. The molecule has 76 valence electrons. The summed E-state index contributed by atoms with van der Waals surface area (Å²) < 4.78 is 0. The fourth-order valence-corrected chi connectivity index (χ4v) is 2.12. The van der Waals surface area contributed by atoms with Crippen molar-refractivity contribution in [1.82, 2.24) is 5.32 Å². The average Bonchev–Trinajstić information content (AvgIpc) is 2.67. The molecule has 0 saturated carbocycles. The van der Waals surface area contributed by atoms with Crippen LogP contribution >= 0.6 is 0 Å². The van der Waals surface area contributed by atoms with Crippen molar-refractivity contribution in [3.8, 4) is 0 Å². The van der Waals surface area contributed by atoms with Gasteiger partial charge in [-0.05, 0) is 25.5 Å². The van der Waals surface area contributed by atoms with E-state index in [1.165, 1.54) is 11.1 Å². The third-order valence-corrected chi connectivity index (χ3v) is 3.02. The van der Waals surface area contributed by atoms with Crippen LogP contribution in [0.4, 0.5) is 0 Å². The number of rotatable bonds is 2. The van der Waals surface area contributed by atoms with E-state index in [1.807, 2.05) is 0 Å². The van der Waals surface area contributed by atoms with Crippen LogP contribution < -0.4 is 5.32 Å². The van der Waals surface area contributed by atoms with E-state index < -0.39 is 0 Å². The Kier molecular flexibility index (Phi) is 2.85. The van der Waals surface area contributed by atoms with Crippen LogP contribution in [0.2, 0.25) is 0 Å². The van der Waals surface area contributed by atoms with E-state index in [9.17, 15) is 5.11 Å². The van der Waals surface area contributed by atoms with E-state index in [-0.39, 0.29) is 6.61 Å². The smallest absolute Gasteiger partial charge is 0.0477 e. The number of benzene rings is 1. The number of aliphatic hydroxyl groups excluding tert-OH is 1. The topological polar surface area (TPSA) is 32.3 Å². The summed E-state index contributed by atoms with van der Waals surface area (Å²) >= 11 is 0. The molecule has 0 radical (unpaired) electrons. The van der Waals surface area contributed by atoms with Crippen molar-refractivity contribution in [3.63, 3.8) is 0 Å². The summed E-state index contributed by atoms with van der Waals surface area (Å²) in [5.41, 5.74) is 2.58. The predicted octanol–water partition coefficient (Wildman–Crippen LogP) is 1.64. The number of nitrogens with one attached hydrogen (secondary N) is 1. The summed E-state index contributed by atoms with van der Waals surface area (Å²) in [5.74, 6) is 0.387. The minimum atomic E-state index is 0.283. The van der Waals surface area contributed by atoms with Crippen LogP contribution in [-0.4, -0.2) is 18.3 Å². The molecule has 1 aliphatic heterocycles. The Morgan fingerprint density at radius 1 is 1.36 bits per heavy atom. The molecule has 2 atom stereocenters. The first-order valence-corrected chi connectivity index (χ1v) is 5.22. The lowest BCUT2D eigenvalue weighted by atomic mass is 9.94. The van der Waals surface area contributed by atoms with Crippen LogP contribution in [0.3, 0.4) is 0 Å². The lowest BCUT2D eigenvalue weighted by Crippen LogP contribution is -2.19. The highest BCUT2D eigenvalue weighted by Crippen LogP contribution is 2.28. The molecule has 0 aromatic heterocycles. The van der Waals surface area contributed by atoms with Gasteiger partial charge in [0.05, 0.1) is 0 Å². The molecule has 2 unspecified atom stereocenters. The number of hydrogen-bond acceptors (Lipinski definition) is 2. The SMILES string of the molecule is Cc1ccc(C2NCCC2CO)cc1. The molecule has 1 heterocycles. The fourth-order valence-electron chi connectivity index (χ4n) is 2.12. The summed E-state index contributed by atoms with van der Waals surface area (Å²) in [6.45, 7) is 3.39. The third-order valence-electron chi connectivity index (χ3n) is 3.02. The van der Waals surface area contributed by atoms with Crippen LogP contribution in [-0.2, 0) is 0 Å². The standard InChI is InChI=1S/C12H17NO/c1-9-2-4-10(5-3-9)12-11(8-14)6-7-13-12/h2-5,11-14H,6-8H2,1H3. The first-order valence-electron chi connectivity index (χ1n) is 5.22. The van der Waals surface area contributed by atoms with Crippen molar-refractivity contribution in [2.24, 2.45) is 5.92 Å². The van der Waals surface area contributed by atoms with Gasteiger partial charge in [0.1, 0.15) is 0 Å². The minimum Gasteiger partial charge on any atom is -0.396 e. The molecule has 0 bridgehead atoms. The molecule has 1 fully saturated rings. The molecule has 2 N–H and O–H groups in total. The third kappa shape index (κ3) is 1.81. The van der Waals surface area contributed by atoms with Crippen LogP contribution in [0.1, 0.15) is 23.6 Å². The van der Waals surface area contributed by atoms with Crippen molar-refractivity contribution >= 4 is 0 Å². The molecule has 0 spiro atoms. The maximum atomic E-state index is 9.21. The van der Waals surface area contributed by atoms with Gasteiger partial charge in [-0.1, -0.05) is 29.8 Å². The largest absolute Gasteiger partial charge is 0.396 e. The Bertz CT molecular complexity index is 294. The van der Waals surface area contributed by atoms with Gasteiger partial charge in [0.25, 0.3) is 0 Å². The van der Waals surface area contributed by atoms with Crippen LogP contribution in [0.25, 0.3) is 0 Å².